The second-order valence-electron chi connectivity index (χ2n) is 5.11. The molecule has 1 heterocycles. The van der Waals surface area contributed by atoms with E-state index in [0.717, 1.165) is 5.56 Å². The number of aromatic nitrogens is 2. The van der Waals surface area contributed by atoms with Crippen LogP contribution in [0.4, 0.5) is 5.69 Å². The first-order valence-electron chi connectivity index (χ1n) is 6.48. The fourth-order valence-electron chi connectivity index (χ4n) is 2.23. The molecule has 0 aliphatic carbocycles. The fourth-order valence-corrected chi connectivity index (χ4v) is 3.61. The van der Waals surface area contributed by atoms with E-state index in [1.54, 1.807) is 37.8 Å². The van der Waals surface area contributed by atoms with Crippen LogP contribution < -0.4 is 4.72 Å². The molecule has 21 heavy (non-hydrogen) atoms. The summed E-state index contributed by atoms with van der Waals surface area (Å²) in [7, 11) is -1.99. The number of aliphatic hydroxyl groups excluding tert-OH is 1. The van der Waals surface area contributed by atoms with E-state index in [1.165, 1.54) is 6.07 Å². The number of aliphatic hydroxyl groups is 1. The number of aryl methyl sites for hydroxylation is 4. The van der Waals surface area contributed by atoms with Crippen LogP contribution in [-0.4, -0.2) is 23.3 Å². The molecule has 1 aromatic heterocycles. The number of sulfonamides is 1. The average molecular weight is 309 g/mol. The molecule has 0 saturated carbocycles. The van der Waals surface area contributed by atoms with Crippen molar-refractivity contribution in [3.63, 3.8) is 0 Å². The maximum Gasteiger partial charge on any atom is 0.262 e. The minimum atomic E-state index is -3.72. The van der Waals surface area contributed by atoms with Crippen LogP contribution >= 0.6 is 0 Å². The lowest BCUT2D eigenvalue weighted by Gasteiger charge is -2.12. The summed E-state index contributed by atoms with van der Waals surface area (Å²) in [6, 6.07) is 3.27. The number of nitrogens with one attached hydrogen (secondary N) is 1. The molecule has 6 nitrogen and oxygen atoms in total. The molecule has 0 spiro atoms. The highest BCUT2D eigenvalue weighted by Crippen LogP contribution is 2.24. The Kier molecular flexibility index (Phi) is 4.06. The predicted octanol–water partition coefficient (Wildman–Crippen LogP) is 1.64. The van der Waals surface area contributed by atoms with Crippen molar-refractivity contribution in [2.45, 2.75) is 32.3 Å². The molecule has 2 aromatic rings. The lowest BCUT2D eigenvalue weighted by atomic mass is 10.1. The number of hydrogen-bond acceptors (Lipinski definition) is 4. The van der Waals surface area contributed by atoms with Gasteiger partial charge in [-0.05, 0) is 43.5 Å². The van der Waals surface area contributed by atoms with E-state index in [2.05, 4.69) is 9.82 Å². The Morgan fingerprint density at radius 1 is 1.24 bits per heavy atom. The zero-order chi connectivity index (χ0) is 15.8. The molecule has 0 fully saturated rings. The van der Waals surface area contributed by atoms with Gasteiger partial charge in [-0.15, -0.1) is 0 Å². The van der Waals surface area contributed by atoms with Crippen molar-refractivity contribution in [2.24, 2.45) is 7.05 Å². The van der Waals surface area contributed by atoms with Gasteiger partial charge in [0.25, 0.3) is 10.0 Å². The molecule has 114 valence electrons. The topological polar surface area (TPSA) is 84.2 Å². The smallest absolute Gasteiger partial charge is 0.262 e. The van der Waals surface area contributed by atoms with Crippen molar-refractivity contribution in [1.29, 1.82) is 0 Å². The van der Waals surface area contributed by atoms with Gasteiger partial charge >= 0.3 is 0 Å². The summed E-state index contributed by atoms with van der Waals surface area (Å²) in [4.78, 5) is 0.167. The quantitative estimate of drug-likeness (QED) is 0.899. The summed E-state index contributed by atoms with van der Waals surface area (Å²) in [5.74, 6) is 0. The van der Waals surface area contributed by atoms with Crippen LogP contribution in [0.15, 0.2) is 23.2 Å². The molecule has 0 bridgehead atoms. The third kappa shape index (κ3) is 3.08. The van der Waals surface area contributed by atoms with Gasteiger partial charge in [0.15, 0.2) is 0 Å². The van der Waals surface area contributed by atoms with E-state index >= 15 is 0 Å². The van der Waals surface area contributed by atoms with Crippen LogP contribution in [0.2, 0.25) is 0 Å². The van der Waals surface area contributed by atoms with E-state index in [1.807, 2.05) is 6.92 Å². The Balaban J connectivity index is 2.47. The third-order valence-corrected chi connectivity index (χ3v) is 4.86. The van der Waals surface area contributed by atoms with Crippen LogP contribution in [0.3, 0.4) is 0 Å². The van der Waals surface area contributed by atoms with Crippen molar-refractivity contribution in [2.75, 3.05) is 4.72 Å². The fraction of sp³-hybridized carbons (Fsp3) is 0.357. The zero-order valence-electron chi connectivity index (χ0n) is 12.5. The Hall–Kier alpha value is -1.86. The Bertz CT molecular complexity index is 779. The number of hydrogen-bond donors (Lipinski definition) is 2. The normalized spacial score (nSPS) is 11.7. The van der Waals surface area contributed by atoms with Crippen LogP contribution in [0.25, 0.3) is 0 Å². The average Bonchev–Trinajstić information content (AvgIpc) is 2.66. The molecule has 7 heteroatoms. The number of nitrogens with zero attached hydrogens (tertiary/aromatic N) is 2. The lowest BCUT2D eigenvalue weighted by molar-refractivity contribution is 0.280. The SMILES string of the molecule is Cc1cc(C)c(S(=O)(=O)Nc2cn(C)nc2C)cc1CO. The maximum atomic E-state index is 12.5. The second kappa shape index (κ2) is 5.50. The van der Waals surface area contributed by atoms with Crippen LogP contribution in [-0.2, 0) is 23.7 Å². The summed E-state index contributed by atoms with van der Waals surface area (Å²) in [5.41, 5.74) is 3.16. The summed E-state index contributed by atoms with van der Waals surface area (Å²) in [6.07, 6.45) is 1.61. The lowest BCUT2D eigenvalue weighted by Crippen LogP contribution is -2.15. The van der Waals surface area contributed by atoms with Gasteiger partial charge in [-0.2, -0.15) is 5.10 Å². The van der Waals surface area contributed by atoms with Crippen LogP contribution in [0.1, 0.15) is 22.4 Å². The summed E-state index contributed by atoms with van der Waals surface area (Å²) in [5, 5.41) is 13.4. The van der Waals surface area contributed by atoms with Gasteiger partial charge in [-0.3, -0.25) is 9.40 Å². The van der Waals surface area contributed by atoms with E-state index in [9.17, 15) is 13.5 Å². The van der Waals surface area contributed by atoms with Gasteiger partial charge < -0.3 is 5.11 Å². The standard InChI is InChI=1S/C14H19N3O3S/c1-9-5-10(2)14(6-12(9)8-18)21(19,20)16-13-7-17(4)15-11(13)3/h5-7,16,18H,8H2,1-4H3. The third-order valence-electron chi connectivity index (χ3n) is 3.35. The van der Waals surface area contributed by atoms with E-state index in [-0.39, 0.29) is 11.5 Å². The van der Waals surface area contributed by atoms with E-state index in [0.29, 0.717) is 22.5 Å². The van der Waals surface area contributed by atoms with E-state index < -0.39 is 10.0 Å². The van der Waals surface area contributed by atoms with Crippen LogP contribution in [0.5, 0.6) is 0 Å². The Labute approximate surface area is 124 Å². The van der Waals surface area contributed by atoms with Gasteiger partial charge in [-0.1, -0.05) is 6.07 Å². The van der Waals surface area contributed by atoms with Crippen molar-refractivity contribution < 1.29 is 13.5 Å². The molecule has 0 saturated heterocycles. The second-order valence-corrected chi connectivity index (χ2v) is 6.76. The van der Waals surface area contributed by atoms with Gasteiger partial charge in [-0.25, -0.2) is 8.42 Å². The van der Waals surface area contributed by atoms with Gasteiger partial charge in [0.2, 0.25) is 0 Å². The monoisotopic (exact) mass is 309 g/mol. The van der Waals surface area contributed by atoms with E-state index in [4.69, 9.17) is 0 Å². The van der Waals surface area contributed by atoms with Gasteiger partial charge in [0, 0.05) is 13.2 Å². The molecular weight excluding hydrogens is 290 g/mol. The first-order valence-corrected chi connectivity index (χ1v) is 7.97. The van der Waals surface area contributed by atoms with Crippen LogP contribution in [0, 0.1) is 20.8 Å². The predicted molar refractivity (Wildman–Crippen MR) is 80.6 cm³/mol. The van der Waals surface area contributed by atoms with Crippen molar-refractivity contribution >= 4 is 15.7 Å². The first kappa shape index (κ1) is 15.5. The minimum absolute atomic E-state index is 0.167. The van der Waals surface area contributed by atoms with Crippen molar-refractivity contribution in [1.82, 2.24) is 9.78 Å². The zero-order valence-corrected chi connectivity index (χ0v) is 13.3. The first-order chi connectivity index (χ1) is 9.74. The molecule has 1 aromatic carbocycles. The summed E-state index contributed by atoms with van der Waals surface area (Å²) < 4.78 is 29.2. The molecule has 0 amide bonds. The molecule has 0 unspecified atom stereocenters. The minimum Gasteiger partial charge on any atom is -0.392 e. The van der Waals surface area contributed by atoms with Gasteiger partial charge in [0.1, 0.15) is 0 Å². The molecule has 0 atom stereocenters. The molecule has 0 aliphatic heterocycles. The van der Waals surface area contributed by atoms with Crippen molar-refractivity contribution in [3.05, 3.63) is 40.7 Å². The highest BCUT2D eigenvalue weighted by molar-refractivity contribution is 7.92. The maximum absolute atomic E-state index is 12.5. The number of benzene rings is 1. The summed E-state index contributed by atoms with van der Waals surface area (Å²) >= 11 is 0. The molecule has 2 N–H and O–H groups in total. The Morgan fingerprint density at radius 2 is 1.90 bits per heavy atom. The molecular formula is C14H19N3O3S. The largest absolute Gasteiger partial charge is 0.392 e. The molecule has 0 aliphatic rings. The molecule has 0 radical (unpaired) electrons. The van der Waals surface area contributed by atoms with Gasteiger partial charge in [0.05, 0.1) is 22.9 Å². The van der Waals surface area contributed by atoms with Crippen molar-refractivity contribution in [3.8, 4) is 0 Å². The number of rotatable bonds is 4. The Morgan fingerprint density at radius 3 is 2.43 bits per heavy atom. The number of anilines is 1. The summed E-state index contributed by atoms with van der Waals surface area (Å²) in [6.45, 7) is 5.12. The molecule has 2 rings (SSSR count). The highest BCUT2D eigenvalue weighted by Gasteiger charge is 2.20. The highest BCUT2D eigenvalue weighted by atomic mass is 32.2.